The first-order valence-electron chi connectivity index (χ1n) is 12.8. The van der Waals surface area contributed by atoms with Crippen molar-refractivity contribution >= 4 is 29.1 Å². The first-order valence-corrected chi connectivity index (χ1v) is 13.6. The van der Waals surface area contributed by atoms with E-state index in [4.69, 9.17) is 23.9 Å². The first-order chi connectivity index (χ1) is 19.5. The van der Waals surface area contributed by atoms with E-state index in [9.17, 15) is 9.59 Å². The molecule has 6 rings (SSSR count). The number of rotatable bonds is 6. The number of thiazole rings is 1. The van der Waals surface area contributed by atoms with Crippen molar-refractivity contribution < 1.29 is 23.7 Å². The second-order valence-electron chi connectivity index (χ2n) is 9.27. The summed E-state index contributed by atoms with van der Waals surface area (Å²) in [5, 5.41) is 0. The number of methoxy groups -OCH3 is 1. The largest absolute Gasteiger partial charge is 0.497 e. The van der Waals surface area contributed by atoms with Gasteiger partial charge in [0.25, 0.3) is 5.56 Å². The molecule has 0 amide bonds. The highest BCUT2D eigenvalue weighted by atomic mass is 32.1. The number of esters is 1. The smallest absolute Gasteiger partial charge is 0.338 e. The van der Waals surface area contributed by atoms with Gasteiger partial charge in [0.05, 0.1) is 35.6 Å². The molecule has 4 aromatic rings. The summed E-state index contributed by atoms with van der Waals surface area (Å²) in [7, 11) is 1.59. The zero-order chi connectivity index (χ0) is 27.8. The predicted octanol–water partition coefficient (Wildman–Crippen LogP) is 3.98. The van der Waals surface area contributed by atoms with E-state index in [1.807, 2.05) is 79.7 Å². The van der Waals surface area contributed by atoms with Gasteiger partial charge in [-0.3, -0.25) is 9.36 Å². The third kappa shape index (κ3) is 4.48. The molecule has 1 aromatic heterocycles. The summed E-state index contributed by atoms with van der Waals surface area (Å²) in [6.45, 7) is 4.07. The van der Waals surface area contributed by atoms with Crippen molar-refractivity contribution in [2.45, 2.75) is 19.9 Å². The lowest BCUT2D eigenvalue weighted by atomic mass is 9.93. The van der Waals surface area contributed by atoms with Crippen LogP contribution in [0, 0.1) is 6.92 Å². The van der Waals surface area contributed by atoms with Crippen molar-refractivity contribution in [2.75, 3.05) is 20.5 Å². The number of hydrogen-bond donors (Lipinski definition) is 0. The Morgan fingerprint density at radius 3 is 2.52 bits per heavy atom. The molecule has 0 fully saturated rings. The molecule has 0 bridgehead atoms. The Labute approximate surface area is 234 Å². The number of carbonyl (C=O) groups excluding carboxylic acids is 1. The van der Waals surface area contributed by atoms with Gasteiger partial charge in [-0.2, -0.15) is 0 Å². The molecule has 0 saturated heterocycles. The topological polar surface area (TPSA) is 88.4 Å². The van der Waals surface area contributed by atoms with Gasteiger partial charge in [-0.15, -0.1) is 0 Å². The Balaban J connectivity index is 1.62. The van der Waals surface area contributed by atoms with Crippen molar-refractivity contribution in [1.29, 1.82) is 0 Å². The summed E-state index contributed by atoms with van der Waals surface area (Å²) < 4.78 is 24.0. The van der Waals surface area contributed by atoms with Crippen LogP contribution in [0.5, 0.6) is 17.2 Å². The number of hydrogen-bond acceptors (Lipinski definition) is 8. The number of carbonyl (C=O) groups is 1. The van der Waals surface area contributed by atoms with Crippen LogP contribution in [0.1, 0.15) is 35.2 Å². The third-order valence-corrected chi connectivity index (χ3v) is 7.84. The summed E-state index contributed by atoms with van der Waals surface area (Å²) in [5.41, 5.74) is 3.80. The molecule has 2 aliphatic heterocycles. The van der Waals surface area contributed by atoms with E-state index in [1.165, 1.54) is 11.3 Å². The maximum absolute atomic E-state index is 14.1. The molecule has 40 heavy (non-hydrogen) atoms. The van der Waals surface area contributed by atoms with E-state index < -0.39 is 12.0 Å². The molecule has 9 heteroatoms. The second-order valence-corrected chi connectivity index (χ2v) is 10.3. The quantitative estimate of drug-likeness (QED) is 0.335. The Hall–Kier alpha value is -4.63. The molecule has 0 spiro atoms. The number of aryl methyl sites for hydroxylation is 1. The molecule has 1 unspecified atom stereocenters. The van der Waals surface area contributed by atoms with E-state index in [1.54, 1.807) is 18.6 Å². The van der Waals surface area contributed by atoms with Crippen LogP contribution in [-0.4, -0.2) is 31.0 Å². The van der Waals surface area contributed by atoms with Crippen LogP contribution in [-0.2, 0) is 9.53 Å². The highest BCUT2D eigenvalue weighted by Gasteiger charge is 2.35. The molecule has 0 N–H and O–H groups in total. The van der Waals surface area contributed by atoms with Gasteiger partial charge in [0.15, 0.2) is 16.3 Å². The molecule has 0 saturated carbocycles. The average molecular weight is 555 g/mol. The Kier molecular flexibility index (Phi) is 6.73. The Morgan fingerprint density at radius 1 is 1.10 bits per heavy atom. The minimum absolute atomic E-state index is 0.168. The third-order valence-electron chi connectivity index (χ3n) is 6.85. The summed E-state index contributed by atoms with van der Waals surface area (Å²) >= 11 is 1.28. The lowest BCUT2D eigenvalue weighted by Gasteiger charge is -2.26. The summed E-state index contributed by atoms with van der Waals surface area (Å²) in [5.74, 6) is 1.46. The van der Waals surface area contributed by atoms with Crippen LogP contribution >= 0.6 is 11.3 Å². The molecule has 0 aliphatic carbocycles. The zero-order valence-corrected chi connectivity index (χ0v) is 23.0. The number of ether oxygens (including phenoxy) is 4. The number of benzene rings is 3. The van der Waals surface area contributed by atoms with E-state index in [2.05, 4.69) is 0 Å². The van der Waals surface area contributed by atoms with E-state index in [0.29, 0.717) is 37.9 Å². The van der Waals surface area contributed by atoms with E-state index >= 15 is 0 Å². The molecule has 0 radical (unpaired) electrons. The van der Waals surface area contributed by atoms with Crippen molar-refractivity contribution in [3.05, 3.63) is 114 Å². The Morgan fingerprint density at radius 2 is 1.82 bits per heavy atom. The van der Waals surface area contributed by atoms with E-state index in [-0.39, 0.29) is 19.0 Å². The standard InChI is InChI=1S/C31H26N2O6S/c1-4-37-30(35)26-27(19-8-6-5-7-9-19)32-31-33(28(26)20-10-12-22(36-3)13-11-20)29(34)25(40-31)16-21-15-24-23(14-18(21)2)38-17-39-24/h5-16,28H,4,17H2,1-3H3. The fourth-order valence-electron chi connectivity index (χ4n) is 4.90. The summed E-state index contributed by atoms with van der Waals surface area (Å²) in [6.07, 6.45) is 1.84. The summed E-state index contributed by atoms with van der Waals surface area (Å²) in [4.78, 5) is 33.0. The van der Waals surface area contributed by atoms with Crippen LogP contribution in [0.25, 0.3) is 11.8 Å². The maximum atomic E-state index is 14.1. The predicted molar refractivity (Wildman–Crippen MR) is 151 cm³/mol. The van der Waals surface area contributed by atoms with Crippen molar-refractivity contribution in [3.63, 3.8) is 0 Å². The second kappa shape index (κ2) is 10.5. The van der Waals surface area contributed by atoms with Gasteiger partial charge >= 0.3 is 5.97 Å². The molecule has 8 nitrogen and oxygen atoms in total. The van der Waals surface area contributed by atoms with Gasteiger partial charge in [-0.25, -0.2) is 9.79 Å². The number of fused-ring (bicyclic) bond motifs is 2. The maximum Gasteiger partial charge on any atom is 0.338 e. The SMILES string of the molecule is CCOC(=O)C1=C(c2ccccc2)N=c2sc(=Cc3cc4c(cc3C)OCO4)c(=O)n2C1c1ccc(OC)cc1. The summed E-state index contributed by atoms with van der Waals surface area (Å²) in [6, 6.07) is 19.8. The van der Waals surface area contributed by atoms with E-state index in [0.717, 1.165) is 22.3 Å². The molecule has 2 aliphatic rings. The van der Waals surface area contributed by atoms with Gasteiger partial charge in [-0.1, -0.05) is 53.8 Å². The molecule has 3 aromatic carbocycles. The van der Waals surface area contributed by atoms with Gasteiger partial charge in [0, 0.05) is 5.56 Å². The monoisotopic (exact) mass is 554 g/mol. The zero-order valence-electron chi connectivity index (χ0n) is 22.2. The Bertz CT molecular complexity index is 1820. The molecule has 3 heterocycles. The minimum Gasteiger partial charge on any atom is -0.497 e. The highest BCUT2D eigenvalue weighted by molar-refractivity contribution is 7.07. The highest BCUT2D eigenvalue weighted by Crippen LogP contribution is 2.36. The van der Waals surface area contributed by atoms with Gasteiger partial charge in [0.2, 0.25) is 6.79 Å². The fourth-order valence-corrected chi connectivity index (χ4v) is 5.89. The van der Waals surface area contributed by atoms with Crippen LogP contribution in [0.15, 0.2) is 82.1 Å². The fraction of sp³-hybridized carbons (Fsp3) is 0.194. The molecule has 202 valence electrons. The number of nitrogens with zero attached hydrogens (tertiary/aromatic N) is 2. The van der Waals surface area contributed by atoms with Crippen LogP contribution in [0.2, 0.25) is 0 Å². The van der Waals surface area contributed by atoms with Gasteiger partial charge < -0.3 is 18.9 Å². The van der Waals surface area contributed by atoms with Crippen LogP contribution < -0.4 is 29.1 Å². The minimum atomic E-state index is -0.753. The normalized spacial score (nSPS) is 16.0. The lowest BCUT2D eigenvalue weighted by molar-refractivity contribution is -0.138. The van der Waals surface area contributed by atoms with Crippen LogP contribution in [0.3, 0.4) is 0 Å². The number of aromatic nitrogens is 1. The first kappa shape index (κ1) is 25.6. The van der Waals surface area contributed by atoms with Crippen molar-refractivity contribution in [1.82, 2.24) is 4.57 Å². The van der Waals surface area contributed by atoms with Gasteiger partial charge in [-0.05, 0) is 60.9 Å². The molecular weight excluding hydrogens is 528 g/mol. The van der Waals surface area contributed by atoms with Crippen molar-refractivity contribution in [2.24, 2.45) is 4.99 Å². The van der Waals surface area contributed by atoms with Crippen molar-refractivity contribution in [3.8, 4) is 17.2 Å². The van der Waals surface area contributed by atoms with Crippen LogP contribution in [0.4, 0.5) is 0 Å². The van der Waals surface area contributed by atoms with Gasteiger partial charge in [0.1, 0.15) is 5.75 Å². The molecule has 1 atom stereocenters. The average Bonchev–Trinajstić information content (AvgIpc) is 3.56. The molecular formula is C31H26N2O6S. The lowest BCUT2D eigenvalue weighted by Crippen LogP contribution is -2.40.